The van der Waals surface area contributed by atoms with Crippen LogP contribution in [0.5, 0.6) is 0 Å². The van der Waals surface area contributed by atoms with Crippen molar-refractivity contribution in [2.24, 2.45) is 0 Å². The van der Waals surface area contributed by atoms with Crippen LogP contribution in [0.3, 0.4) is 0 Å². The number of carbonyl (C=O) groups excluding carboxylic acids is 3. The second kappa shape index (κ2) is 7.23. The lowest BCUT2D eigenvalue weighted by molar-refractivity contribution is -0.135. The molecule has 6 heteroatoms. The average Bonchev–Trinajstić information content (AvgIpc) is 2.71. The third-order valence-corrected chi connectivity index (χ3v) is 5.05. The van der Waals surface area contributed by atoms with Crippen molar-refractivity contribution in [3.8, 4) is 0 Å². The molecule has 0 bridgehead atoms. The van der Waals surface area contributed by atoms with Gasteiger partial charge in [0, 0.05) is 25.2 Å². The van der Waals surface area contributed by atoms with Crippen molar-refractivity contribution in [2.75, 3.05) is 18.5 Å². The summed E-state index contributed by atoms with van der Waals surface area (Å²) in [5, 5.41) is 2.78. The highest BCUT2D eigenvalue weighted by Crippen LogP contribution is 2.24. The van der Waals surface area contributed by atoms with Gasteiger partial charge in [-0.1, -0.05) is 24.3 Å². The molecule has 2 aliphatic rings. The number of rotatable bonds is 3. The molecule has 27 heavy (non-hydrogen) atoms. The van der Waals surface area contributed by atoms with E-state index >= 15 is 0 Å². The minimum absolute atomic E-state index is 0.0217. The molecule has 1 N–H and O–H groups in total. The summed E-state index contributed by atoms with van der Waals surface area (Å²) in [6.45, 7) is 0.909. The maximum atomic E-state index is 12.4. The normalized spacial score (nSPS) is 15.4. The smallest absolute Gasteiger partial charge is 0.338 e. The van der Waals surface area contributed by atoms with E-state index in [0.717, 1.165) is 23.2 Å². The van der Waals surface area contributed by atoms with Crippen molar-refractivity contribution in [1.29, 1.82) is 0 Å². The lowest BCUT2D eigenvalue weighted by Crippen LogP contribution is -2.38. The third-order valence-electron chi connectivity index (χ3n) is 5.05. The number of ether oxygens (including phenoxy) is 1. The molecule has 0 radical (unpaired) electrons. The number of hydrogen-bond acceptors (Lipinski definition) is 4. The molecule has 0 aromatic heterocycles. The Morgan fingerprint density at radius 2 is 1.81 bits per heavy atom. The van der Waals surface area contributed by atoms with Gasteiger partial charge in [-0.25, -0.2) is 4.79 Å². The fraction of sp³-hybridized carbons (Fsp3) is 0.286. The minimum Gasteiger partial charge on any atom is -0.452 e. The van der Waals surface area contributed by atoms with E-state index in [1.54, 1.807) is 23.1 Å². The molecule has 0 spiro atoms. The van der Waals surface area contributed by atoms with Crippen LogP contribution in [0.25, 0.3) is 0 Å². The molecule has 0 atom stereocenters. The number of nitrogens with zero attached hydrogens (tertiary/aromatic N) is 1. The van der Waals surface area contributed by atoms with Gasteiger partial charge < -0.3 is 15.0 Å². The van der Waals surface area contributed by atoms with Crippen LogP contribution in [0.4, 0.5) is 5.69 Å². The number of amides is 2. The quantitative estimate of drug-likeness (QED) is 0.848. The number of aryl methyl sites for hydroxylation is 1. The maximum Gasteiger partial charge on any atom is 0.338 e. The lowest BCUT2D eigenvalue weighted by Gasteiger charge is -2.28. The Kier molecular flexibility index (Phi) is 4.62. The molecule has 0 fully saturated rings. The zero-order chi connectivity index (χ0) is 18.8. The predicted molar refractivity (Wildman–Crippen MR) is 99.2 cm³/mol. The van der Waals surface area contributed by atoms with Crippen LogP contribution < -0.4 is 5.32 Å². The molecule has 6 nitrogen and oxygen atoms in total. The first-order chi connectivity index (χ1) is 13.1. The van der Waals surface area contributed by atoms with Gasteiger partial charge in [0.1, 0.15) is 0 Å². The van der Waals surface area contributed by atoms with E-state index in [-0.39, 0.29) is 18.4 Å². The van der Waals surface area contributed by atoms with Crippen molar-refractivity contribution >= 4 is 23.5 Å². The van der Waals surface area contributed by atoms with Gasteiger partial charge >= 0.3 is 5.97 Å². The summed E-state index contributed by atoms with van der Waals surface area (Å²) in [4.78, 5) is 37.8. The average molecular weight is 364 g/mol. The zero-order valence-corrected chi connectivity index (χ0v) is 14.9. The Labute approximate surface area is 157 Å². The first-order valence-electron chi connectivity index (χ1n) is 9.04. The van der Waals surface area contributed by atoms with E-state index in [9.17, 15) is 14.4 Å². The molecule has 2 amide bonds. The molecule has 138 valence electrons. The molecule has 0 saturated carbocycles. The number of nitrogens with one attached hydrogen (secondary N) is 1. The second-order valence-corrected chi connectivity index (χ2v) is 6.83. The molecule has 2 aromatic rings. The van der Waals surface area contributed by atoms with Crippen LogP contribution in [-0.2, 0) is 33.7 Å². The molecule has 0 saturated heterocycles. The maximum absolute atomic E-state index is 12.4. The summed E-state index contributed by atoms with van der Waals surface area (Å²) in [5.41, 5.74) is 4.43. The number of benzene rings is 2. The van der Waals surface area contributed by atoms with Crippen molar-refractivity contribution < 1.29 is 19.1 Å². The third kappa shape index (κ3) is 3.69. The standard InChI is InChI=1S/C21H20N2O4/c24-19-8-6-15-11-16(5-7-18(15)22-19)21(26)27-13-20(25)23-10-9-14-3-1-2-4-17(14)12-23/h1-5,7,11H,6,8-10,12-13H2,(H,22,24). The Balaban J connectivity index is 1.35. The van der Waals surface area contributed by atoms with Gasteiger partial charge in [0.2, 0.25) is 5.91 Å². The Hall–Kier alpha value is -3.15. The molecular weight excluding hydrogens is 344 g/mol. The fourth-order valence-corrected chi connectivity index (χ4v) is 3.52. The Bertz CT molecular complexity index is 922. The van der Waals surface area contributed by atoms with Crippen LogP contribution in [0, 0.1) is 0 Å². The predicted octanol–water partition coefficient (Wildman–Crippen LogP) is 2.31. The summed E-state index contributed by atoms with van der Waals surface area (Å²) < 4.78 is 5.23. The molecular formula is C21H20N2O4. The Morgan fingerprint density at radius 3 is 2.67 bits per heavy atom. The summed E-state index contributed by atoms with van der Waals surface area (Å²) in [7, 11) is 0. The monoisotopic (exact) mass is 364 g/mol. The van der Waals surface area contributed by atoms with E-state index in [1.807, 2.05) is 18.2 Å². The fourth-order valence-electron chi connectivity index (χ4n) is 3.52. The van der Waals surface area contributed by atoms with E-state index in [4.69, 9.17) is 4.74 Å². The highest BCUT2D eigenvalue weighted by atomic mass is 16.5. The van der Waals surface area contributed by atoms with Crippen molar-refractivity contribution in [3.63, 3.8) is 0 Å². The van der Waals surface area contributed by atoms with Crippen molar-refractivity contribution in [1.82, 2.24) is 4.90 Å². The molecule has 2 aliphatic heterocycles. The highest BCUT2D eigenvalue weighted by molar-refractivity contribution is 5.96. The number of carbonyl (C=O) groups is 3. The van der Waals surface area contributed by atoms with Gasteiger partial charge in [0.05, 0.1) is 5.56 Å². The summed E-state index contributed by atoms with van der Waals surface area (Å²) >= 11 is 0. The highest BCUT2D eigenvalue weighted by Gasteiger charge is 2.22. The topological polar surface area (TPSA) is 75.7 Å². The number of anilines is 1. The second-order valence-electron chi connectivity index (χ2n) is 6.83. The lowest BCUT2D eigenvalue weighted by atomic mass is 10.00. The first-order valence-corrected chi connectivity index (χ1v) is 9.04. The molecule has 0 unspecified atom stereocenters. The Morgan fingerprint density at radius 1 is 1.00 bits per heavy atom. The van der Waals surface area contributed by atoms with Crippen LogP contribution in [0.2, 0.25) is 0 Å². The molecule has 2 aromatic carbocycles. The van der Waals surface area contributed by atoms with Crippen LogP contribution >= 0.6 is 0 Å². The van der Waals surface area contributed by atoms with Gasteiger partial charge in [-0.2, -0.15) is 0 Å². The molecule has 4 rings (SSSR count). The number of hydrogen-bond donors (Lipinski definition) is 1. The zero-order valence-electron chi connectivity index (χ0n) is 14.9. The van der Waals surface area contributed by atoms with Crippen LogP contribution in [0.15, 0.2) is 42.5 Å². The van der Waals surface area contributed by atoms with E-state index in [2.05, 4.69) is 11.4 Å². The van der Waals surface area contributed by atoms with Gasteiger partial charge in [0.15, 0.2) is 6.61 Å². The van der Waals surface area contributed by atoms with Gasteiger partial charge in [-0.3, -0.25) is 9.59 Å². The van der Waals surface area contributed by atoms with E-state index in [0.29, 0.717) is 31.5 Å². The van der Waals surface area contributed by atoms with Crippen LogP contribution in [0.1, 0.15) is 33.5 Å². The molecule has 0 aliphatic carbocycles. The number of esters is 1. The van der Waals surface area contributed by atoms with Crippen molar-refractivity contribution in [3.05, 3.63) is 64.7 Å². The SMILES string of the molecule is O=C1CCc2cc(C(=O)OCC(=O)N3CCc4ccccc4C3)ccc2N1. The van der Waals surface area contributed by atoms with Crippen LogP contribution in [-0.4, -0.2) is 35.8 Å². The van der Waals surface area contributed by atoms with Gasteiger partial charge in [-0.15, -0.1) is 0 Å². The van der Waals surface area contributed by atoms with Gasteiger partial charge in [0.25, 0.3) is 5.91 Å². The van der Waals surface area contributed by atoms with E-state index in [1.165, 1.54) is 5.56 Å². The summed E-state index contributed by atoms with van der Waals surface area (Å²) in [5.74, 6) is -0.741. The van der Waals surface area contributed by atoms with E-state index < -0.39 is 5.97 Å². The minimum atomic E-state index is -0.527. The number of fused-ring (bicyclic) bond motifs is 2. The molecule has 2 heterocycles. The van der Waals surface area contributed by atoms with Crippen molar-refractivity contribution in [2.45, 2.75) is 25.8 Å². The van der Waals surface area contributed by atoms with Gasteiger partial charge in [-0.05, 0) is 47.7 Å². The summed E-state index contributed by atoms with van der Waals surface area (Å²) in [6.07, 6.45) is 1.81. The largest absolute Gasteiger partial charge is 0.452 e. The first kappa shape index (κ1) is 17.3. The summed E-state index contributed by atoms with van der Waals surface area (Å²) in [6, 6.07) is 13.1.